The van der Waals surface area contributed by atoms with Gasteiger partial charge in [-0.1, -0.05) is 12.1 Å². The molecule has 0 aromatic heterocycles. The molecule has 5 nitrogen and oxygen atoms in total. The summed E-state index contributed by atoms with van der Waals surface area (Å²) in [6, 6.07) is 7.18. The highest BCUT2D eigenvalue weighted by atomic mass is 16.5. The van der Waals surface area contributed by atoms with Gasteiger partial charge in [-0.2, -0.15) is 0 Å². The van der Waals surface area contributed by atoms with Crippen LogP contribution in [0.1, 0.15) is 6.42 Å². The molecule has 2 rings (SSSR count). The summed E-state index contributed by atoms with van der Waals surface area (Å²) in [5.74, 6) is 1.14. The molecule has 1 saturated heterocycles. The van der Waals surface area contributed by atoms with Crippen molar-refractivity contribution < 1.29 is 19.0 Å². The third kappa shape index (κ3) is 2.73. The van der Waals surface area contributed by atoms with Gasteiger partial charge in [-0.15, -0.1) is 0 Å². The van der Waals surface area contributed by atoms with Crippen LogP contribution in [-0.4, -0.2) is 38.9 Å². The van der Waals surface area contributed by atoms with E-state index in [4.69, 9.17) is 14.2 Å². The van der Waals surface area contributed by atoms with Gasteiger partial charge in [-0.25, -0.2) is 0 Å². The number of rotatable bonds is 4. The second-order valence-corrected chi connectivity index (χ2v) is 4.11. The van der Waals surface area contributed by atoms with Crippen LogP contribution in [0.25, 0.3) is 0 Å². The fraction of sp³-hybridized carbons (Fsp3) is 0.462. The number of hydrogen-bond acceptors (Lipinski definition) is 5. The molecule has 0 aliphatic carbocycles. The average Bonchev–Trinajstić information content (AvgIpc) is 2.87. The van der Waals surface area contributed by atoms with E-state index in [1.54, 1.807) is 7.11 Å². The van der Waals surface area contributed by atoms with Gasteiger partial charge in [0.2, 0.25) is 0 Å². The SMILES string of the molecule is COC(=O)[C@@H]1C[C@H](Oc2ccccc2OC)CN1. The predicted octanol–water partition coefficient (Wildman–Crippen LogP) is 0.977. The minimum Gasteiger partial charge on any atom is -0.493 e. The van der Waals surface area contributed by atoms with E-state index in [1.807, 2.05) is 24.3 Å². The number of hydrogen-bond donors (Lipinski definition) is 1. The van der Waals surface area contributed by atoms with E-state index in [2.05, 4.69) is 5.32 Å². The standard InChI is InChI=1S/C13H17NO4/c1-16-11-5-3-4-6-12(11)18-9-7-10(14-8-9)13(15)17-2/h3-6,9-10,14H,7-8H2,1-2H3/t9-,10-/m0/s1. The van der Waals surface area contributed by atoms with Crippen molar-refractivity contribution in [2.45, 2.75) is 18.6 Å². The lowest BCUT2D eigenvalue weighted by Crippen LogP contribution is -2.31. The molecular formula is C13H17NO4. The van der Waals surface area contributed by atoms with E-state index in [0.29, 0.717) is 24.5 Å². The predicted molar refractivity (Wildman–Crippen MR) is 65.8 cm³/mol. The van der Waals surface area contributed by atoms with Crippen LogP contribution < -0.4 is 14.8 Å². The van der Waals surface area contributed by atoms with Gasteiger partial charge < -0.3 is 19.5 Å². The van der Waals surface area contributed by atoms with E-state index < -0.39 is 0 Å². The van der Waals surface area contributed by atoms with Crippen molar-refractivity contribution in [3.05, 3.63) is 24.3 Å². The number of carbonyl (C=O) groups excluding carboxylic acids is 1. The molecule has 0 unspecified atom stereocenters. The van der Waals surface area contributed by atoms with Crippen LogP contribution in [0.5, 0.6) is 11.5 Å². The number of ether oxygens (including phenoxy) is 3. The molecule has 1 aliphatic heterocycles. The van der Waals surface area contributed by atoms with Crippen LogP contribution in [0.4, 0.5) is 0 Å². The van der Waals surface area contributed by atoms with Crippen molar-refractivity contribution in [3.8, 4) is 11.5 Å². The first-order valence-corrected chi connectivity index (χ1v) is 5.85. The van der Waals surface area contributed by atoms with Gasteiger partial charge in [0.25, 0.3) is 0 Å². The minimum absolute atomic E-state index is 0.0506. The average molecular weight is 251 g/mol. The number of carbonyl (C=O) groups is 1. The lowest BCUT2D eigenvalue weighted by Gasteiger charge is -2.15. The van der Waals surface area contributed by atoms with Crippen molar-refractivity contribution in [1.29, 1.82) is 0 Å². The summed E-state index contributed by atoms with van der Waals surface area (Å²) in [6.07, 6.45) is 0.551. The number of benzene rings is 1. The zero-order valence-corrected chi connectivity index (χ0v) is 10.5. The Labute approximate surface area is 106 Å². The Balaban J connectivity index is 1.97. The second kappa shape index (κ2) is 5.73. The van der Waals surface area contributed by atoms with Gasteiger partial charge in [-0.3, -0.25) is 4.79 Å². The van der Waals surface area contributed by atoms with E-state index in [1.165, 1.54) is 7.11 Å². The Hall–Kier alpha value is -1.75. The lowest BCUT2D eigenvalue weighted by atomic mass is 10.2. The molecule has 0 amide bonds. The molecule has 18 heavy (non-hydrogen) atoms. The summed E-state index contributed by atoms with van der Waals surface area (Å²) < 4.78 is 15.7. The maximum atomic E-state index is 11.4. The van der Waals surface area contributed by atoms with E-state index in [0.717, 1.165) is 0 Å². The van der Waals surface area contributed by atoms with Gasteiger partial charge in [0.15, 0.2) is 11.5 Å². The van der Waals surface area contributed by atoms with Crippen molar-refractivity contribution in [2.75, 3.05) is 20.8 Å². The second-order valence-electron chi connectivity index (χ2n) is 4.11. The highest BCUT2D eigenvalue weighted by molar-refractivity contribution is 5.76. The quantitative estimate of drug-likeness (QED) is 0.808. The van der Waals surface area contributed by atoms with Gasteiger partial charge in [0.05, 0.1) is 14.2 Å². The largest absolute Gasteiger partial charge is 0.493 e. The van der Waals surface area contributed by atoms with Crippen LogP contribution in [0.3, 0.4) is 0 Å². The smallest absolute Gasteiger partial charge is 0.323 e. The summed E-state index contributed by atoms with van der Waals surface area (Å²) in [6.45, 7) is 0.623. The van der Waals surface area contributed by atoms with Crippen molar-refractivity contribution in [1.82, 2.24) is 5.32 Å². The third-order valence-corrected chi connectivity index (χ3v) is 2.94. The molecular weight excluding hydrogens is 234 g/mol. The summed E-state index contributed by atoms with van der Waals surface area (Å²) in [7, 11) is 2.99. The molecule has 1 aliphatic rings. The monoisotopic (exact) mass is 251 g/mol. The van der Waals surface area contributed by atoms with E-state index in [-0.39, 0.29) is 18.1 Å². The highest BCUT2D eigenvalue weighted by Crippen LogP contribution is 2.28. The van der Waals surface area contributed by atoms with Crippen LogP contribution >= 0.6 is 0 Å². The van der Waals surface area contributed by atoms with Crippen LogP contribution in [0.2, 0.25) is 0 Å². The van der Waals surface area contributed by atoms with Gasteiger partial charge >= 0.3 is 5.97 Å². The Morgan fingerprint density at radius 3 is 2.67 bits per heavy atom. The Kier molecular flexibility index (Phi) is 4.04. The van der Waals surface area contributed by atoms with Crippen LogP contribution in [-0.2, 0) is 9.53 Å². The maximum Gasteiger partial charge on any atom is 0.323 e. The van der Waals surface area contributed by atoms with Crippen LogP contribution in [0, 0.1) is 0 Å². The van der Waals surface area contributed by atoms with Crippen LogP contribution in [0.15, 0.2) is 24.3 Å². The zero-order chi connectivity index (χ0) is 13.0. The molecule has 0 saturated carbocycles. The number of esters is 1. The first-order valence-electron chi connectivity index (χ1n) is 5.85. The van der Waals surface area contributed by atoms with Crippen molar-refractivity contribution >= 4 is 5.97 Å². The maximum absolute atomic E-state index is 11.4. The normalized spacial score (nSPS) is 22.6. The fourth-order valence-electron chi connectivity index (χ4n) is 2.01. The van der Waals surface area contributed by atoms with Crippen molar-refractivity contribution in [2.24, 2.45) is 0 Å². The van der Waals surface area contributed by atoms with E-state index in [9.17, 15) is 4.79 Å². The summed E-state index contributed by atoms with van der Waals surface area (Å²) >= 11 is 0. The molecule has 0 radical (unpaired) electrons. The zero-order valence-electron chi connectivity index (χ0n) is 10.5. The van der Waals surface area contributed by atoms with E-state index >= 15 is 0 Å². The molecule has 1 aromatic carbocycles. The van der Waals surface area contributed by atoms with Gasteiger partial charge in [-0.05, 0) is 12.1 Å². The summed E-state index contributed by atoms with van der Waals surface area (Å²) in [5, 5.41) is 3.07. The molecule has 1 heterocycles. The molecule has 5 heteroatoms. The number of para-hydroxylation sites is 2. The molecule has 1 aromatic rings. The molecule has 2 atom stereocenters. The molecule has 1 N–H and O–H groups in total. The lowest BCUT2D eigenvalue weighted by molar-refractivity contribution is -0.142. The first kappa shape index (κ1) is 12.7. The van der Waals surface area contributed by atoms with Gasteiger partial charge in [0, 0.05) is 13.0 Å². The number of methoxy groups -OCH3 is 2. The molecule has 0 bridgehead atoms. The Morgan fingerprint density at radius 1 is 1.28 bits per heavy atom. The Morgan fingerprint density at radius 2 is 2.00 bits per heavy atom. The Bertz CT molecular complexity index is 421. The number of nitrogens with one attached hydrogen (secondary N) is 1. The van der Waals surface area contributed by atoms with Crippen molar-refractivity contribution in [3.63, 3.8) is 0 Å². The summed E-state index contributed by atoms with van der Waals surface area (Å²) in [4.78, 5) is 11.4. The van der Waals surface area contributed by atoms with Gasteiger partial charge in [0.1, 0.15) is 12.1 Å². The first-order chi connectivity index (χ1) is 8.74. The third-order valence-electron chi connectivity index (χ3n) is 2.94. The highest BCUT2D eigenvalue weighted by Gasteiger charge is 2.31. The summed E-state index contributed by atoms with van der Waals surface area (Å²) in [5.41, 5.74) is 0. The minimum atomic E-state index is -0.283. The molecule has 0 spiro atoms. The molecule has 1 fully saturated rings. The topological polar surface area (TPSA) is 56.8 Å². The molecule has 98 valence electrons. The fourth-order valence-corrected chi connectivity index (χ4v) is 2.01.